The first kappa shape index (κ1) is 24.8. The molecule has 0 saturated carbocycles. The third-order valence-electron chi connectivity index (χ3n) is 6.57. The molecule has 3 aromatic heterocycles. The van der Waals surface area contributed by atoms with E-state index < -0.39 is 0 Å². The summed E-state index contributed by atoms with van der Waals surface area (Å²) in [7, 11) is 0. The molecule has 1 aliphatic rings. The molecule has 0 radical (unpaired) electrons. The van der Waals surface area contributed by atoms with Gasteiger partial charge in [-0.25, -0.2) is 9.67 Å². The molecule has 11 heteroatoms. The lowest BCUT2D eigenvalue weighted by Crippen LogP contribution is -2.48. The largest absolute Gasteiger partial charge is 0.345 e. The number of nitrogens with zero attached hydrogens (tertiary/aromatic N) is 7. The highest BCUT2D eigenvalue weighted by Gasteiger charge is 2.29. The second-order valence-electron chi connectivity index (χ2n) is 9.05. The van der Waals surface area contributed by atoms with Gasteiger partial charge in [0, 0.05) is 43.2 Å². The molecule has 1 atom stereocenters. The molecule has 0 spiro atoms. The van der Waals surface area contributed by atoms with Gasteiger partial charge in [-0.3, -0.25) is 9.69 Å². The van der Waals surface area contributed by atoms with Gasteiger partial charge in [0.05, 0.1) is 22.8 Å². The van der Waals surface area contributed by atoms with E-state index in [4.69, 9.17) is 4.98 Å². The number of piperazine rings is 1. The minimum atomic E-state index is 0.0731. The zero-order chi connectivity index (χ0) is 24.9. The number of thiazole rings is 1. The summed E-state index contributed by atoms with van der Waals surface area (Å²) in [6, 6.07) is 10.4. The van der Waals surface area contributed by atoms with Gasteiger partial charge in [-0.15, -0.1) is 16.4 Å². The summed E-state index contributed by atoms with van der Waals surface area (Å²) in [5.41, 5.74) is 1.82. The number of fused-ring (bicyclic) bond motifs is 1. The van der Waals surface area contributed by atoms with Crippen LogP contribution in [0.3, 0.4) is 0 Å². The highest BCUT2D eigenvalue weighted by atomic mass is 32.1. The van der Waals surface area contributed by atoms with Crippen molar-refractivity contribution in [2.75, 3.05) is 36.4 Å². The molecule has 0 bridgehead atoms. The molecule has 4 heterocycles. The predicted molar refractivity (Wildman–Crippen MR) is 146 cm³/mol. The van der Waals surface area contributed by atoms with Crippen LogP contribution in [-0.2, 0) is 11.3 Å². The summed E-state index contributed by atoms with van der Waals surface area (Å²) < 4.78 is 3.04. The number of tetrazole rings is 1. The fourth-order valence-corrected chi connectivity index (χ4v) is 6.37. The quantitative estimate of drug-likeness (QED) is 0.319. The topological polar surface area (TPSA) is 92.1 Å². The molecule has 1 aromatic carbocycles. The predicted octanol–water partition coefficient (Wildman–Crippen LogP) is 4.79. The van der Waals surface area contributed by atoms with Crippen molar-refractivity contribution >= 4 is 49.6 Å². The molecular weight excluding hydrogens is 492 g/mol. The van der Waals surface area contributed by atoms with Crippen LogP contribution in [0.5, 0.6) is 0 Å². The normalized spacial score (nSPS) is 15.4. The highest BCUT2D eigenvalue weighted by Crippen LogP contribution is 2.32. The molecule has 4 aromatic rings. The number of anilines is 2. The summed E-state index contributed by atoms with van der Waals surface area (Å²) >= 11 is 3.42. The minimum absolute atomic E-state index is 0.0731. The zero-order valence-corrected chi connectivity index (χ0v) is 22.4. The van der Waals surface area contributed by atoms with Crippen LogP contribution in [0.4, 0.5) is 10.8 Å². The summed E-state index contributed by atoms with van der Waals surface area (Å²) in [4.78, 5) is 23.1. The van der Waals surface area contributed by atoms with Gasteiger partial charge in [0.1, 0.15) is 0 Å². The van der Waals surface area contributed by atoms with Crippen LogP contribution in [-0.4, -0.2) is 62.2 Å². The lowest BCUT2D eigenvalue weighted by molar-refractivity contribution is -0.116. The van der Waals surface area contributed by atoms with E-state index >= 15 is 0 Å². The number of unbranched alkanes of at least 4 members (excludes halogenated alkanes) is 1. The van der Waals surface area contributed by atoms with Gasteiger partial charge in [0.15, 0.2) is 11.0 Å². The Labute approximate surface area is 219 Å². The molecule has 1 unspecified atom stereocenters. The van der Waals surface area contributed by atoms with Crippen molar-refractivity contribution in [3.63, 3.8) is 0 Å². The van der Waals surface area contributed by atoms with Crippen LogP contribution in [0.25, 0.3) is 10.2 Å². The Balaban J connectivity index is 1.23. The first-order valence-electron chi connectivity index (χ1n) is 12.6. The van der Waals surface area contributed by atoms with Gasteiger partial charge in [0.25, 0.3) is 0 Å². The molecule has 36 heavy (non-hydrogen) atoms. The second-order valence-corrected chi connectivity index (χ2v) is 11.1. The average Bonchev–Trinajstić information content (AvgIpc) is 3.66. The van der Waals surface area contributed by atoms with Crippen LogP contribution in [0, 0.1) is 0 Å². The number of rotatable bonds is 10. The smallest absolute Gasteiger partial charge is 0.224 e. The summed E-state index contributed by atoms with van der Waals surface area (Å²) in [6.07, 6.45) is 3.45. The summed E-state index contributed by atoms with van der Waals surface area (Å²) in [5, 5.41) is 18.8. The maximum Gasteiger partial charge on any atom is 0.224 e. The summed E-state index contributed by atoms with van der Waals surface area (Å²) in [5.74, 6) is 1.01. The molecule has 9 nitrogen and oxygen atoms in total. The van der Waals surface area contributed by atoms with Crippen LogP contribution in [0.2, 0.25) is 0 Å². The van der Waals surface area contributed by atoms with Gasteiger partial charge >= 0.3 is 0 Å². The Hall–Kier alpha value is -2.89. The molecule has 1 aliphatic heterocycles. The van der Waals surface area contributed by atoms with Crippen molar-refractivity contribution in [1.82, 2.24) is 30.1 Å². The maximum atomic E-state index is 12.1. The van der Waals surface area contributed by atoms with Crippen molar-refractivity contribution in [3.05, 3.63) is 46.4 Å². The fourth-order valence-electron chi connectivity index (χ4n) is 4.63. The van der Waals surface area contributed by atoms with Gasteiger partial charge < -0.3 is 10.2 Å². The Morgan fingerprint density at radius 3 is 2.78 bits per heavy atom. The molecule has 190 valence electrons. The number of carbonyl (C=O) groups excluding carboxylic acids is 1. The molecule has 1 N–H and O–H groups in total. The standard InChI is InChI=1S/C25H32N8OS2/c1-3-5-8-23(34)26-18-9-10-20-22(16-18)36-25(27-20)32-13-11-31(12-14-32)21(4-2)24-28-29-30-33(24)17-19-7-6-15-35-19/h6-7,9-10,15-16,21H,3-5,8,11-14,17H2,1-2H3,(H,26,34). The molecule has 0 aliphatic carbocycles. The lowest BCUT2D eigenvalue weighted by Gasteiger charge is -2.38. The fraction of sp³-hybridized carbons (Fsp3) is 0.480. The number of aromatic nitrogens is 5. The van der Waals surface area contributed by atoms with Crippen LogP contribution in [0.1, 0.15) is 56.3 Å². The van der Waals surface area contributed by atoms with Gasteiger partial charge in [-0.2, -0.15) is 0 Å². The van der Waals surface area contributed by atoms with Crippen LogP contribution < -0.4 is 10.2 Å². The highest BCUT2D eigenvalue weighted by molar-refractivity contribution is 7.22. The van der Waals surface area contributed by atoms with E-state index in [0.717, 1.165) is 72.3 Å². The van der Waals surface area contributed by atoms with Crippen molar-refractivity contribution < 1.29 is 4.79 Å². The Kier molecular flexibility index (Phi) is 7.88. The number of thiophene rings is 1. The van der Waals surface area contributed by atoms with Gasteiger partial charge in [0.2, 0.25) is 5.91 Å². The maximum absolute atomic E-state index is 12.1. The SMILES string of the molecule is CCCCC(=O)Nc1ccc2nc(N3CCN(C(CC)c4nnnn4Cc4cccs4)CC3)sc2c1. The van der Waals surface area contributed by atoms with E-state index in [0.29, 0.717) is 13.0 Å². The Morgan fingerprint density at radius 1 is 1.17 bits per heavy atom. The van der Waals surface area contributed by atoms with E-state index in [1.165, 1.54) is 4.88 Å². The van der Waals surface area contributed by atoms with Crippen molar-refractivity contribution in [3.8, 4) is 0 Å². The van der Waals surface area contributed by atoms with Gasteiger partial charge in [-0.1, -0.05) is 37.7 Å². The molecule has 5 rings (SSSR count). The second kappa shape index (κ2) is 11.4. The number of amides is 1. The van der Waals surface area contributed by atoms with Gasteiger partial charge in [-0.05, 0) is 52.9 Å². The van der Waals surface area contributed by atoms with E-state index in [2.05, 4.69) is 62.0 Å². The number of carbonyl (C=O) groups is 1. The minimum Gasteiger partial charge on any atom is -0.345 e. The van der Waals surface area contributed by atoms with E-state index in [1.54, 1.807) is 22.7 Å². The molecule has 1 saturated heterocycles. The lowest BCUT2D eigenvalue weighted by atomic mass is 10.1. The third-order valence-corrected chi connectivity index (χ3v) is 8.51. The Bertz CT molecular complexity index is 1280. The van der Waals surface area contributed by atoms with Crippen molar-refractivity contribution in [1.29, 1.82) is 0 Å². The molecule has 1 amide bonds. The summed E-state index contributed by atoms with van der Waals surface area (Å²) in [6.45, 7) is 8.68. The van der Waals surface area contributed by atoms with Crippen LogP contribution >= 0.6 is 22.7 Å². The number of benzene rings is 1. The number of hydrogen-bond donors (Lipinski definition) is 1. The van der Waals surface area contributed by atoms with Crippen LogP contribution in [0.15, 0.2) is 35.7 Å². The zero-order valence-electron chi connectivity index (χ0n) is 20.8. The monoisotopic (exact) mass is 524 g/mol. The van der Waals surface area contributed by atoms with Crippen molar-refractivity contribution in [2.45, 2.75) is 52.1 Å². The third kappa shape index (κ3) is 5.58. The average molecular weight is 525 g/mol. The van der Waals surface area contributed by atoms with E-state index in [1.807, 2.05) is 22.9 Å². The molecular formula is C25H32N8OS2. The van der Waals surface area contributed by atoms with E-state index in [9.17, 15) is 4.79 Å². The van der Waals surface area contributed by atoms with Crippen molar-refractivity contribution in [2.24, 2.45) is 0 Å². The molecule has 1 fully saturated rings. The first-order valence-corrected chi connectivity index (χ1v) is 14.3. The van der Waals surface area contributed by atoms with E-state index in [-0.39, 0.29) is 11.9 Å². The first-order chi connectivity index (χ1) is 17.6. The number of nitrogens with one attached hydrogen (secondary N) is 1. The Morgan fingerprint density at radius 2 is 2.03 bits per heavy atom. The number of hydrogen-bond acceptors (Lipinski definition) is 9.